The number of hydrogen-bond donors (Lipinski definition) is 1. The van der Waals surface area contributed by atoms with Gasteiger partial charge in [-0.15, -0.1) is 0 Å². The molecule has 0 atom stereocenters. The van der Waals surface area contributed by atoms with Crippen molar-refractivity contribution >= 4 is 23.2 Å². The van der Waals surface area contributed by atoms with Crippen LogP contribution in [0.4, 0.5) is 24.5 Å². The minimum atomic E-state index is -4.38. The van der Waals surface area contributed by atoms with E-state index in [1.807, 2.05) is 30.3 Å². The zero-order valence-electron chi connectivity index (χ0n) is 20.0. The number of alkyl halides is 3. The second kappa shape index (κ2) is 12.1. The van der Waals surface area contributed by atoms with E-state index in [-0.39, 0.29) is 31.4 Å². The van der Waals surface area contributed by atoms with E-state index in [1.165, 1.54) is 27.9 Å². The van der Waals surface area contributed by atoms with Crippen molar-refractivity contribution in [3.63, 3.8) is 0 Å². The predicted molar refractivity (Wildman–Crippen MR) is 130 cm³/mol. The summed E-state index contributed by atoms with van der Waals surface area (Å²) in [6.45, 7) is 1.00. The molecule has 0 aliphatic carbocycles. The molecule has 0 unspecified atom stereocenters. The van der Waals surface area contributed by atoms with Crippen molar-refractivity contribution in [2.75, 3.05) is 44.0 Å². The maximum absolute atomic E-state index is 12.7. The van der Waals surface area contributed by atoms with Crippen LogP contribution in [-0.2, 0) is 22.3 Å². The summed E-state index contributed by atoms with van der Waals surface area (Å²) in [6.07, 6.45) is -1.19. The second-order valence-electron chi connectivity index (χ2n) is 8.17. The number of benzene rings is 2. The van der Waals surface area contributed by atoms with Gasteiger partial charge in [-0.2, -0.15) is 18.3 Å². The number of para-hydroxylation sites is 1. The lowest BCUT2D eigenvalue weighted by atomic mass is 10.2. The number of nitrogens with zero attached hydrogens (tertiary/aromatic N) is 4. The van der Waals surface area contributed by atoms with Crippen LogP contribution in [0.3, 0.4) is 0 Å². The number of amides is 2. The number of nitrogens with one attached hydrogen (secondary N) is 1. The smallest absolute Gasteiger partial charge is 0.416 e. The molecule has 1 heterocycles. The van der Waals surface area contributed by atoms with Crippen molar-refractivity contribution in [2.45, 2.75) is 19.1 Å². The third-order valence-corrected chi connectivity index (χ3v) is 5.39. The quantitative estimate of drug-likeness (QED) is 0.429. The highest BCUT2D eigenvalue weighted by molar-refractivity contribution is 5.90. The highest BCUT2D eigenvalue weighted by atomic mass is 19.4. The Hall–Kier alpha value is -4.02. The highest BCUT2D eigenvalue weighted by Crippen LogP contribution is 2.30. The van der Waals surface area contributed by atoms with Crippen molar-refractivity contribution in [3.8, 4) is 5.75 Å². The number of halogens is 3. The number of aromatic nitrogens is 2. The molecule has 8 nitrogen and oxygen atoms in total. The standard InChI is InChI=1S/C25H28F3N5O3/c1-31(21-10-8-19(9-11-21)25(26,27)28)13-14-32(2)24(35)18-33-17-20(16-29-33)30-23(34)12-15-36-22-6-4-3-5-7-22/h3-11,16-17H,12-15,18H2,1-2H3,(H,30,34). The molecule has 0 saturated carbocycles. The van der Waals surface area contributed by atoms with Gasteiger partial charge in [-0.3, -0.25) is 14.3 Å². The summed E-state index contributed by atoms with van der Waals surface area (Å²) in [6, 6.07) is 14.1. The molecule has 0 bridgehead atoms. The van der Waals surface area contributed by atoms with E-state index in [9.17, 15) is 22.8 Å². The Morgan fingerprint density at radius 2 is 1.72 bits per heavy atom. The second-order valence-corrected chi connectivity index (χ2v) is 8.17. The molecule has 0 aliphatic rings. The molecule has 36 heavy (non-hydrogen) atoms. The molecular formula is C25H28F3N5O3. The maximum Gasteiger partial charge on any atom is 0.416 e. The fourth-order valence-electron chi connectivity index (χ4n) is 3.23. The van der Waals surface area contributed by atoms with Gasteiger partial charge >= 0.3 is 6.18 Å². The van der Waals surface area contributed by atoms with Crippen molar-refractivity contribution < 1.29 is 27.5 Å². The van der Waals surface area contributed by atoms with E-state index in [2.05, 4.69) is 10.4 Å². The van der Waals surface area contributed by atoms with Crippen LogP contribution < -0.4 is 15.0 Å². The Labute approximate surface area is 207 Å². The number of carbonyl (C=O) groups excluding carboxylic acids is 2. The van der Waals surface area contributed by atoms with Crippen LogP contribution in [-0.4, -0.2) is 60.3 Å². The van der Waals surface area contributed by atoms with Crippen molar-refractivity contribution in [1.82, 2.24) is 14.7 Å². The first kappa shape index (κ1) is 26.6. The molecule has 0 saturated heterocycles. The topological polar surface area (TPSA) is 79.7 Å². The number of ether oxygens (including phenoxy) is 1. The summed E-state index contributed by atoms with van der Waals surface area (Å²) in [7, 11) is 3.39. The summed E-state index contributed by atoms with van der Waals surface area (Å²) < 4.78 is 45.1. The summed E-state index contributed by atoms with van der Waals surface area (Å²) >= 11 is 0. The normalized spacial score (nSPS) is 11.1. The minimum Gasteiger partial charge on any atom is -0.493 e. The number of likely N-dealkylation sites (N-methyl/N-ethyl adjacent to an activating group) is 2. The lowest BCUT2D eigenvalue weighted by Gasteiger charge is -2.24. The maximum atomic E-state index is 12.7. The van der Waals surface area contributed by atoms with Gasteiger partial charge in [0.1, 0.15) is 12.3 Å². The first-order valence-corrected chi connectivity index (χ1v) is 11.2. The van der Waals surface area contributed by atoms with Crippen LogP contribution in [0.1, 0.15) is 12.0 Å². The zero-order chi connectivity index (χ0) is 26.1. The number of carbonyl (C=O) groups is 2. The summed E-state index contributed by atoms with van der Waals surface area (Å²) in [5.74, 6) is 0.250. The average Bonchev–Trinajstić information content (AvgIpc) is 3.28. The van der Waals surface area contributed by atoms with Gasteiger partial charge < -0.3 is 19.9 Å². The van der Waals surface area contributed by atoms with Crippen molar-refractivity contribution in [1.29, 1.82) is 0 Å². The number of anilines is 2. The van der Waals surface area contributed by atoms with E-state index >= 15 is 0 Å². The fraction of sp³-hybridized carbons (Fsp3) is 0.320. The zero-order valence-corrected chi connectivity index (χ0v) is 20.0. The molecule has 2 amide bonds. The highest BCUT2D eigenvalue weighted by Gasteiger charge is 2.30. The molecule has 1 N–H and O–H groups in total. The first-order valence-electron chi connectivity index (χ1n) is 11.2. The number of hydrogen-bond acceptors (Lipinski definition) is 5. The largest absolute Gasteiger partial charge is 0.493 e. The summed E-state index contributed by atoms with van der Waals surface area (Å²) in [5.41, 5.74) is 0.380. The van der Waals surface area contributed by atoms with Gasteiger partial charge in [-0.25, -0.2) is 0 Å². The summed E-state index contributed by atoms with van der Waals surface area (Å²) in [5, 5.41) is 6.83. The van der Waals surface area contributed by atoms with E-state index in [1.54, 1.807) is 25.2 Å². The Morgan fingerprint density at radius 1 is 1.03 bits per heavy atom. The third kappa shape index (κ3) is 8.03. The molecule has 0 fully saturated rings. The Balaban J connectivity index is 1.40. The molecular weight excluding hydrogens is 475 g/mol. The SMILES string of the molecule is CN(CCN(C)c1ccc(C(F)(F)F)cc1)C(=O)Cn1cc(NC(=O)CCOc2ccccc2)cn1. The van der Waals surface area contributed by atoms with Gasteiger partial charge in [0, 0.05) is 39.1 Å². The van der Waals surface area contributed by atoms with Gasteiger partial charge in [0.15, 0.2) is 0 Å². The van der Waals surface area contributed by atoms with E-state index in [0.717, 1.165) is 12.1 Å². The summed E-state index contributed by atoms with van der Waals surface area (Å²) in [4.78, 5) is 27.9. The van der Waals surface area contributed by atoms with Crippen LogP contribution in [0, 0.1) is 0 Å². The molecule has 2 aromatic carbocycles. The van der Waals surface area contributed by atoms with Crippen LogP contribution in [0.25, 0.3) is 0 Å². The molecule has 0 spiro atoms. The molecule has 11 heteroatoms. The van der Waals surface area contributed by atoms with Crippen molar-refractivity contribution in [3.05, 3.63) is 72.6 Å². The van der Waals surface area contributed by atoms with Crippen molar-refractivity contribution in [2.24, 2.45) is 0 Å². The van der Waals surface area contributed by atoms with Gasteiger partial charge in [0.25, 0.3) is 0 Å². The average molecular weight is 504 g/mol. The molecule has 0 aliphatic heterocycles. The van der Waals surface area contributed by atoms with E-state index in [4.69, 9.17) is 4.74 Å². The van der Waals surface area contributed by atoms with Crippen LogP contribution in [0.2, 0.25) is 0 Å². The Morgan fingerprint density at radius 3 is 2.39 bits per heavy atom. The van der Waals surface area contributed by atoms with Gasteiger partial charge in [-0.05, 0) is 36.4 Å². The van der Waals surface area contributed by atoms with Gasteiger partial charge in [-0.1, -0.05) is 18.2 Å². The van der Waals surface area contributed by atoms with Gasteiger partial charge in [0.05, 0.1) is 30.5 Å². The van der Waals surface area contributed by atoms with E-state index < -0.39 is 11.7 Å². The van der Waals surface area contributed by atoms with Crippen LogP contribution >= 0.6 is 0 Å². The van der Waals surface area contributed by atoms with Gasteiger partial charge in [0.2, 0.25) is 11.8 Å². The van der Waals surface area contributed by atoms with E-state index in [0.29, 0.717) is 30.2 Å². The third-order valence-electron chi connectivity index (χ3n) is 5.39. The molecule has 192 valence electrons. The Bertz CT molecular complexity index is 1130. The molecule has 3 aromatic rings. The fourth-order valence-corrected chi connectivity index (χ4v) is 3.23. The molecule has 3 rings (SSSR count). The molecule has 0 radical (unpaired) electrons. The minimum absolute atomic E-state index is 0.0204. The lowest BCUT2D eigenvalue weighted by Crippen LogP contribution is -2.36. The Kier molecular flexibility index (Phi) is 8.93. The predicted octanol–water partition coefficient (Wildman–Crippen LogP) is 3.90. The van der Waals surface area contributed by atoms with Crippen LogP contribution in [0.5, 0.6) is 5.75 Å². The first-order chi connectivity index (χ1) is 17.1. The number of rotatable bonds is 11. The molecule has 1 aromatic heterocycles. The van der Waals surface area contributed by atoms with Crippen LogP contribution in [0.15, 0.2) is 67.0 Å². The lowest BCUT2D eigenvalue weighted by molar-refractivity contribution is -0.137. The monoisotopic (exact) mass is 503 g/mol.